The minimum absolute atomic E-state index is 0.110. The molecule has 8 heteroatoms. The van der Waals surface area contributed by atoms with Crippen LogP contribution in [0, 0.1) is 0 Å². The molecule has 0 spiro atoms. The van der Waals surface area contributed by atoms with E-state index in [9.17, 15) is 13.2 Å². The summed E-state index contributed by atoms with van der Waals surface area (Å²) in [7, 11) is -3.67. The average molecular weight is 404 g/mol. The summed E-state index contributed by atoms with van der Waals surface area (Å²) in [4.78, 5) is 16.1. The predicted octanol–water partition coefficient (Wildman–Crippen LogP) is 4.40. The van der Waals surface area contributed by atoms with E-state index >= 15 is 0 Å². The largest absolute Gasteiger partial charge is 0.302 e. The van der Waals surface area contributed by atoms with Crippen LogP contribution in [0.15, 0.2) is 47.4 Å². The highest BCUT2D eigenvalue weighted by atomic mass is 32.2. The number of benzene rings is 2. The van der Waals surface area contributed by atoms with Crippen LogP contribution in [0.5, 0.6) is 0 Å². The Morgan fingerprint density at radius 2 is 1.85 bits per heavy atom. The van der Waals surface area contributed by atoms with E-state index in [-0.39, 0.29) is 10.8 Å². The molecule has 6 nitrogen and oxygen atoms in total. The molecule has 1 aromatic heterocycles. The quantitative estimate of drug-likeness (QED) is 0.612. The van der Waals surface area contributed by atoms with Crippen molar-refractivity contribution in [1.29, 1.82) is 0 Å². The molecule has 0 radical (unpaired) electrons. The van der Waals surface area contributed by atoms with Crippen molar-refractivity contribution < 1.29 is 13.2 Å². The summed E-state index contributed by atoms with van der Waals surface area (Å²) < 4.78 is 28.6. The normalized spacial score (nSPS) is 11.5. The minimum atomic E-state index is -3.67. The maximum absolute atomic E-state index is 12.6. The van der Waals surface area contributed by atoms with Gasteiger partial charge in [0.15, 0.2) is 5.13 Å². The van der Waals surface area contributed by atoms with Crippen LogP contribution in [0.1, 0.15) is 32.3 Å². The molecule has 3 aromatic rings. The predicted molar refractivity (Wildman–Crippen MR) is 110 cm³/mol. The molecular formula is C19H21N3O3S2. The smallest absolute Gasteiger partial charge is 0.261 e. The zero-order valence-electron chi connectivity index (χ0n) is 15.2. The van der Waals surface area contributed by atoms with Gasteiger partial charge in [-0.3, -0.25) is 9.52 Å². The topological polar surface area (TPSA) is 88.2 Å². The molecule has 2 aromatic carbocycles. The van der Waals surface area contributed by atoms with Crippen molar-refractivity contribution in [3.8, 4) is 0 Å². The van der Waals surface area contributed by atoms with Gasteiger partial charge in [0.25, 0.3) is 10.0 Å². The van der Waals surface area contributed by atoms with Gasteiger partial charge in [-0.15, -0.1) is 0 Å². The molecule has 0 fully saturated rings. The Kier molecular flexibility index (Phi) is 5.76. The number of amides is 1. The number of carbonyl (C=O) groups excluding carboxylic acids is 1. The molecular weight excluding hydrogens is 382 g/mol. The van der Waals surface area contributed by atoms with Crippen molar-refractivity contribution in [2.75, 3.05) is 10.0 Å². The maximum atomic E-state index is 12.6. The van der Waals surface area contributed by atoms with Gasteiger partial charge in [0.05, 0.1) is 20.8 Å². The van der Waals surface area contributed by atoms with E-state index in [0.29, 0.717) is 22.8 Å². The van der Waals surface area contributed by atoms with Gasteiger partial charge in [-0.05, 0) is 42.3 Å². The standard InChI is InChI=1S/C19H21N3O3S2/c1-3-5-13-6-9-15(10-7-13)27(24,25)22-14-8-11-16-17(12-14)26-19(20-16)21-18(23)4-2/h6-12,22H,3-5H2,1-2H3,(H,20,21,23). The fourth-order valence-corrected chi connectivity index (χ4v) is 4.56. The number of carbonyl (C=O) groups is 1. The van der Waals surface area contributed by atoms with Crippen molar-refractivity contribution >= 4 is 48.3 Å². The fourth-order valence-electron chi connectivity index (χ4n) is 2.59. The third-order valence-corrected chi connectivity index (χ3v) is 6.31. The first-order valence-electron chi connectivity index (χ1n) is 8.73. The van der Waals surface area contributed by atoms with Crippen LogP contribution in [-0.4, -0.2) is 19.3 Å². The molecule has 142 valence electrons. The second kappa shape index (κ2) is 8.06. The Labute approximate surface area is 162 Å². The number of hydrogen-bond acceptors (Lipinski definition) is 5. The number of rotatable bonds is 7. The zero-order chi connectivity index (χ0) is 19.4. The number of nitrogens with one attached hydrogen (secondary N) is 2. The number of thiazole rings is 1. The Balaban J connectivity index is 1.81. The van der Waals surface area contributed by atoms with Gasteiger partial charge in [-0.25, -0.2) is 13.4 Å². The van der Waals surface area contributed by atoms with Crippen LogP contribution >= 0.6 is 11.3 Å². The summed E-state index contributed by atoms with van der Waals surface area (Å²) in [5.74, 6) is -0.110. The van der Waals surface area contributed by atoms with Crippen LogP contribution < -0.4 is 10.0 Å². The van der Waals surface area contributed by atoms with Crippen LogP contribution in [0.25, 0.3) is 10.2 Å². The molecule has 0 saturated carbocycles. The Bertz CT molecular complexity index is 1060. The van der Waals surface area contributed by atoms with Crippen molar-refractivity contribution in [3.05, 3.63) is 48.0 Å². The molecule has 27 heavy (non-hydrogen) atoms. The van der Waals surface area contributed by atoms with Crippen LogP contribution in [0.4, 0.5) is 10.8 Å². The van der Waals surface area contributed by atoms with Crippen LogP contribution in [-0.2, 0) is 21.2 Å². The van der Waals surface area contributed by atoms with E-state index in [1.807, 2.05) is 12.1 Å². The highest BCUT2D eigenvalue weighted by Crippen LogP contribution is 2.29. The molecule has 1 amide bonds. The lowest BCUT2D eigenvalue weighted by molar-refractivity contribution is -0.115. The number of nitrogens with zero attached hydrogens (tertiary/aromatic N) is 1. The van der Waals surface area contributed by atoms with Gasteiger partial charge in [-0.2, -0.15) is 0 Å². The van der Waals surface area contributed by atoms with E-state index in [0.717, 1.165) is 23.1 Å². The summed E-state index contributed by atoms with van der Waals surface area (Å²) in [5.41, 5.74) is 2.28. The molecule has 1 heterocycles. The summed E-state index contributed by atoms with van der Waals surface area (Å²) >= 11 is 1.31. The summed E-state index contributed by atoms with van der Waals surface area (Å²) in [6.45, 7) is 3.85. The first-order valence-corrected chi connectivity index (χ1v) is 11.0. The lowest BCUT2D eigenvalue weighted by atomic mass is 10.1. The molecule has 0 saturated heterocycles. The number of aromatic nitrogens is 1. The zero-order valence-corrected chi connectivity index (χ0v) is 16.8. The van der Waals surface area contributed by atoms with Gasteiger partial charge >= 0.3 is 0 Å². The van der Waals surface area contributed by atoms with E-state index in [2.05, 4.69) is 21.9 Å². The van der Waals surface area contributed by atoms with Crippen molar-refractivity contribution in [2.45, 2.75) is 38.0 Å². The molecule has 0 aliphatic rings. The molecule has 3 rings (SSSR count). The third kappa shape index (κ3) is 4.64. The van der Waals surface area contributed by atoms with Gasteiger partial charge < -0.3 is 5.32 Å². The van der Waals surface area contributed by atoms with E-state index in [1.54, 1.807) is 37.3 Å². The average Bonchev–Trinajstić information content (AvgIpc) is 3.03. The van der Waals surface area contributed by atoms with Crippen molar-refractivity contribution in [2.24, 2.45) is 0 Å². The Morgan fingerprint density at radius 3 is 2.52 bits per heavy atom. The summed E-state index contributed by atoms with van der Waals surface area (Å²) in [6, 6.07) is 12.0. The molecule has 0 bridgehead atoms. The van der Waals surface area contributed by atoms with Gasteiger partial charge in [-0.1, -0.05) is 43.7 Å². The van der Waals surface area contributed by atoms with Crippen LogP contribution in [0.3, 0.4) is 0 Å². The van der Waals surface area contributed by atoms with Gasteiger partial charge in [0, 0.05) is 6.42 Å². The summed E-state index contributed by atoms with van der Waals surface area (Å²) in [5, 5.41) is 3.22. The Morgan fingerprint density at radius 1 is 1.11 bits per heavy atom. The van der Waals surface area contributed by atoms with Crippen LogP contribution in [0.2, 0.25) is 0 Å². The highest BCUT2D eigenvalue weighted by molar-refractivity contribution is 7.92. The summed E-state index contributed by atoms with van der Waals surface area (Å²) in [6.07, 6.45) is 2.31. The number of fused-ring (bicyclic) bond motifs is 1. The van der Waals surface area contributed by atoms with E-state index in [1.165, 1.54) is 11.3 Å². The van der Waals surface area contributed by atoms with Crippen molar-refractivity contribution in [3.63, 3.8) is 0 Å². The monoisotopic (exact) mass is 403 g/mol. The molecule has 0 aliphatic carbocycles. The first-order chi connectivity index (χ1) is 12.9. The van der Waals surface area contributed by atoms with E-state index in [4.69, 9.17) is 0 Å². The second-order valence-electron chi connectivity index (χ2n) is 6.10. The first kappa shape index (κ1) is 19.3. The highest BCUT2D eigenvalue weighted by Gasteiger charge is 2.15. The molecule has 0 unspecified atom stereocenters. The number of hydrogen-bond donors (Lipinski definition) is 2. The lowest BCUT2D eigenvalue weighted by Gasteiger charge is -2.08. The maximum Gasteiger partial charge on any atom is 0.261 e. The minimum Gasteiger partial charge on any atom is -0.302 e. The second-order valence-corrected chi connectivity index (χ2v) is 8.82. The molecule has 0 atom stereocenters. The Hall–Kier alpha value is -2.45. The van der Waals surface area contributed by atoms with Gasteiger partial charge in [0.2, 0.25) is 5.91 Å². The molecule has 2 N–H and O–H groups in total. The SMILES string of the molecule is CCCc1ccc(S(=O)(=O)Nc2ccc3nc(NC(=O)CC)sc3c2)cc1. The molecule has 0 aliphatic heterocycles. The number of aryl methyl sites for hydroxylation is 1. The third-order valence-electron chi connectivity index (χ3n) is 3.98. The lowest BCUT2D eigenvalue weighted by Crippen LogP contribution is -2.12. The van der Waals surface area contributed by atoms with Gasteiger partial charge in [0.1, 0.15) is 0 Å². The van der Waals surface area contributed by atoms with E-state index < -0.39 is 10.0 Å². The fraction of sp³-hybridized carbons (Fsp3) is 0.263. The van der Waals surface area contributed by atoms with Crippen molar-refractivity contribution in [1.82, 2.24) is 4.98 Å². The number of anilines is 2. The number of sulfonamides is 1.